The highest BCUT2D eigenvalue weighted by Crippen LogP contribution is 2.32. The van der Waals surface area contributed by atoms with Crippen LogP contribution in [0.1, 0.15) is 58.6 Å². The van der Waals surface area contributed by atoms with Gasteiger partial charge >= 0.3 is 0 Å². The van der Waals surface area contributed by atoms with Crippen molar-refractivity contribution in [1.29, 1.82) is 0 Å². The van der Waals surface area contributed by atoms with Crippen LogP contribution in [0.25, 0.3) is 0 Å². The number of nitrogen functional groups attached to an aromatic ring is 1. The van der Waals surface area contributed by atoms with E-state index in [1.165, 1.54) is 30.5 Å². The fourth-order valence-corrected chi connectivity index (χ4v) is 3.69. The average molecular weight is 588 g/mol. The van der Waals surface area contributed by atoms with Crippen LogP contribution in [0.2, 0.25) is 5.02 Å². The summed E-state index contributed by atoms with van der Waals surface area (Å²) in [5.74, 6) is -2.32. The smallest absolute Gasteiger partial charge is 0.298 e. The van der Waals surface area contributed by atoms with Gasteiger partial charge in [0.05, 0.1) is 11.4 Å². The number of anilines is 3. The van der Waals surface area contributed by atoms with Gasteiger partial charge in [0.2, 0.25) is 0 Å². The monoisotopic (exact) mass is 587 g/mol. The summed E-state index contributed by atoms with van der Waals surface area (Å²) in [6.45, 7) is 10.1. The summed E-state index contributed by atoms with van der Waals surface area (Å²) in [6, 6.07) is 19.5. The molecule has 3 aromatic rings. The van der Waals surface area contributed by atoms with E-state index in [0.29, 0.717) is 0 Å². The first-order chi connectivity index (χ1) is 19.2. The fourth-order valence-electron chi connectivity index (χ4n) is 3.57. The first-order valence-corrected chi connectivity index (χ1v) is 14.2. The molecule has 0 aromatic heterocycles. The van der Waals surface area contributed by atoms with Crippen LogP contribution >= 0.6 is 11.6 Å². The van der Waals surface area contributed by atoms with Gasteiger partial charge in [0.15, 0.2) is 0 Å². The first kappa shape index (κ1) is 33.9. The Kier molecular flexibility index (Phi) is 12.9. The molecule has 4 rings (SSSR count). The van der Waals surface area contributed by atoms with Crippen LogP contribution in [-0.2, 0) is 12.3 Å². The van der Waals surface area contributed by atoms with Crippen molar-refractivity contribution in [2.75, 3.05) is 30.0 Å². The average Bonchev–Trinajstić information content (AvgIpc) is 3.75. The highest BCUT2D eigenvalue weighted by molar-refractivity contribution is 6.30. The minimum absolute atomic E-state index is 0.129. The number of aliphatic hydroxyl groups is 1. The van der Waals surface area contributed by atoms with Crippen molar-refractivity contribution in [2.45, 2.75) is 71.5 Å². The molecule has 0 saturated heterocycles. The number of hydrogen-bond acceptors (Lipinski definition) is 5. The number of alkyl halides is 2. The van der Waals surface area contributed by atoms with Crippen molar-refractivity contribution < 1.29 is 18.6 Å². The van der Waals surface area contributed by atoms with E-state index in [9.17, 15) is 8.78 Å². The number of allylic oxidation sites excluding steroid dienone is 2. The number of benzene rings is 3. The van der Waals surface area contributed by atoms with Crippen molar-refractivity contribution in [3.63, 3.8) is 0 Å². The normalized spacial score (nSPS) is 13.1. The van der Waals surface area contributed by atoms with Gasteiger partial charge in [0.25, 0.3) is 5.92 Å². The zero-order valence-corrected chi connectivity index (χ0v) is 25.7. The van der Waals surface area contributed by atoms with E-state index in [4.69, 9.17) is 27.2 Å². The molecule has 8 heteroatoms. The second-order valence-electron chi connectivity index (χ2n) is 10.8. The topological polar surface area (TPSA) is 79.5 Å². The Morgan fingerprint density at radius 3 is 2.10 bits per heavy atom. The van der Waals surface area contributed by atoms with Gasteiger partial charge in [0, 0.05) is 29.9 Å². The molecule has 0 bridgehead atoms. The second-order valence-corrected chi connectivity index (χ2v) is 11.2. The molecule has 1 unspecified atom stereocenters. The molecule has 1 atom stereocenters. The first-order valence-electron chi connectivity index (χ1n) is 13.8. The van der Waals surface area contributed by atoms with Gasteiger partial charge in [-0.15, -0.1) is 0 Å². The van der Waals surface area contributed by atoms with Crippen LogP contribution < -0.4 is 21.1 Å². The summed E-state index contributed by atoms with van der Waals surface area (Å²) in [7, 11) is 1.88. The van der Waals surface area contributed by atoms with Gasteiger partial charge in [-0.3, -0.25) is 0 Å². The molecular formula is C33H44ClF2N3O2. The summed E-state index contributed by atoms with van der Waals surface area (Å²) in [4.78, 5) is 0. The van der Waals surface area contributed by atoms with Crippen molar-refractivity contribution in [3.05, 3.63) is 94.5 Å². The molecule has 1 aliphatic carbocycles. The van der Waals surface area contributed by atoms with Gasteiger partial charge in [0.1, 0.15) is 17.5 Å². The van der Waals surface area contributed by atoms with Crippen LogP contribution in [0.15, 0.2) is 78.4 Å². The summed E-state index contributed by atoms with van der Waals surface area (Å²) in [5, 5.41) is 16.0. The Bertz CT molecular complexity index is 1230. The third-order valence-corrected chi connectivity index (χ3v) is 6.23. The summed E-state index contributed by atoms with van der Waals surface area (Å²) < 4.78 is 32.5. The molecular weight excluding hydrogens is 544 g/mol. The third-order valence-electron chi connectivity index (χ3n) is 5.97. The highest BCUT2D eigenvalue weighted by Gasteiger charge is 2.37. The predicted molar refractivity (Wildman–Crippen MR) is 169 cm³/mol. The fraction of sp³-hybridized carbons (Fsp3) is 0.394. The van der Waals surface area contributed by atoms with E-state index in [-0.39, 0.29) is 11.2 Å². The van der Waals surface area contributed by atoms with Crippen molar-refractivity contribution in [3.8, 4) is 5.75 Å². The van der Waals surface area contributed by atoms with Crippen LogP contribution in [-0.4, -0.2) is 30.4 Å². The molecule has 0 radical (unpaired) electrons. The molecule has 0 spiro atoms. The van der Waals surface area contributed by atoms with Gasteiger partial charge in [-0.1, -0.05) is 47.5 Å². The largest absolute Gasteiger partial charge is 0.488 e. The summed E-state index contributed by atoms with van der Waals surface area (Å²) in [5.41, 5.74) is 10.8. The van der Waals surface area contributed by atoms with E-state index in [0.717, 1.165) is 53.3 Å². The number of aliphatic hydroxyl groups excluding tert-OH is 1. The SMILES string of the molecule is CC(C)(C)Oc1ccc(Cl)cc1.CC(O)C(F)(F)c1ccc(CC=C2CC2)cc1.CCNc1ccc(NC)cc1N. The molecule has 1 aliphatic rings. The summed E-state index contributed by atoms with van der Waals surface area (Å²) >= 11 is 5.73. The lowest BCUT2D eigenvalue weighted by atomic mass is 10.0. The molecule has 5 nitrogen and oxygen atoms in total. The Labute approximate surface area is 248 Å². The lowest BCUT2D eigenvalue weighted by Gasteiger charge is -2.21. The molecule has 5 N–H and O–H groups in total. The van der Waals surface area contributed by atoms with E-state index in [2.05, 4.69) is 16.7 Å². The quantitative estimate of drug-likeness (QED) is 0.157. The Morgan fingerprint density at radius 2 is 1.63 bits per heavy atom. The molecule has 1 saturated carbocycles. The molecule has 3 aromatic carbocycles. The minimum atomic E-state index is -3.17. The van der Waals surface area contributed by atoms with Crippen molar-refractivity contribution in [1.82, 2.24) is 0 Å². The number of nitrogens with one attached hydrogen (secondary N) is 2. The standard InChI is InChI=1S/C14H16F2O.C10H13ClO.C9H15N3/c1-10(17)14(15,16)13-8-6-12(7-9-13)5-4-11-2-3-11;1-10(2,3)12-9-6-4-8(11)5-7-9;1-3-12-9-5-4-7(11-2)6-8(9)10/h4,6-10,17H,2-3,5H2,1H3;4-7H,1-3H3;4-6,11-12H,3,10H2,1-2H3. The second kappa shape index (κ2) is 15.6. The molecule has 0 amide bonds. The van der Waals surface area contributed by atoms with Crippen LogP contribution in [0, 0.1) is 0 Å². The molecule has 1 fully saturated rings. The zero-order chi connectivity index (χ0) is 30.6. The number of hydrogen-bond donors (Lipinski definition) is 4. The summed E-state index contributed by atoms with van der Waals surface area (Å²) in [6.07, 6.45) is 3.65. The van der Waals surface area contributed by atoms with Gasteiger partial charge in [-0.05, 0) is 102 Å². The molecule has 0 heterocycles. The van der Waals surface area contributed by atoms with Crippen LogP contribution in [0.4, 0.5) is 25.8 Å². The molecule has 0 aliphatic heterocycles. The minimum Gasteiger partial charge on any atom is -0.488 e. The third kappa shape index (κ3) is 12.4. The maximum atomic E-state index is 13.5. The zero-order valence-electron chi connectivity index (χ0n) is 24.9. The molecule has 224 valence electrons. The molecule has 41 heavy (non-hydrogen) atoms. The number of ether oxygens (including phenoxy) is 1. The predicted octanol–water partition coefficient (Wildman–Crippen LogP) is 8.68. The Balaban J connectivity index is 0.000000221. The van der Waals surface area contributed by atoms with E-state index < -0.39 is 12.0 Å². The van der Waals surface area contributed by atoms with Gasteiger partial charge in [-0.2, -0.15) is 8.78 Å². The van der Waals surface area contributed by atoms with Crippen LogP contribution in [0.5, 0.6) is 5.75 Å². The number of halogens is 3. The number of rotatable bonds is 8. The number of nitrogens with two attached hydrogens (primary N) is 1. The lowest BCUT2D eigenvalue weighted by Crippen LogP contribution is -2.27. The van der Waals surface area contributed by atoms with Crippen LogP contribution in [0.3, 0.4) is 0 Å². The maximum Gasteiger partial charge on any atom is 0.298 e. The van der Waals surface area contributed by atoms with Gasteiger partial charge in [-0.25, -0.2) is 0 Å². The van der Waals surface area contributed by atoms with E-state index in [1.54, 1.807) is 12.1 Å². The van der Waals surface area contributed by atoms with E-state index in [1.807, 2.05) is 77.2 Å². The van der Waals surface area contributed by atoms with E-state index >= 15 is 0 Å². The van der Waals surface area contributed by atoms with Gasteiger partial charge < -0.3 is 26.2 Å². The lowest BCUT2D eigenvalue weighted by molar-refractivity contribution is -0.106. The van der Waals surface area contributed by atoms with Crippen molar-refractivity contribution >= 4 is 28.7 Å². The Hall–Kier alpha value is -3.29. The van der Waals surface area contributed by atoms with Crippen molar-refractivity contribution in [2.24, 2.45) is 0 Å². The highest BCUT2D eigenvalue weighted by atomic mass is 35.5. The Morgan fingerprint density at radius 1 is 1.02 bits per heavy atom. The maximum absolute atomic E-state index is 13.5.